The Morgan fingerprint density at radius 1 is 1.39 bits per heavy atom. The summed E-state index contributed by atoms with van der Waals surface area (Å²) in [6.07, 6.45) is 6.03. The number of rotatable bonds is 6. The zero-order chi connectivity index (χ0) is 20.1. The molecule has 0 unspecified atom stereocenters. The topological polar surface area (TPSA) is 65.5 Å². The molecule has 0 saturated heterocycles. The molecule has 1 N–H and O–H groups in total. The highest BCUT2D eigenvalue weighted by molar-refractivity contribution is 7.10. The van der Waals surface area contributed by atoms with Gasteiger partial charge in [-0.05, 0) is 61.7 Å². The number of fused-ring (bicyclic) bond motifs is 1. The third kappa shape index (κ3) is 5.05. The molecule has 28 heavy (non-hydrogen) atoms. The summed E-state index contributed by atoms with van der Waals surface area (Å²) >= 11 is 1.59. The summed E-state index contributed by atoms with van der Waals surface area (Å²) in [6, 6.07) is 3.93. The van der Waals surface area contributed by atoms with Gasteiger partial charge in [0, 0.05) is 42.5 Å². The highest BCUT2D eigenvalue weighted by Gasteiger charge is 2.24. The van der Waals surface area contributed by atoms with Gasteiger partial charge in [-0.3, -0.25) is 14.6 Å². The van der Waals surface area contributed by atoms with Crippen LogP contribution in [0.1, 0.15) is 27.3 Å². The molecule has 6 nitrogen and oxygen atoms in total. The molecule has 0 bridgehead atoms. The second-order valence-corrected chi connectivity index (χ2v) is 8.17. The second kappa shape index (κ2) is 9.12. The first-order chi connectivity index (χ1) is 13.4. The molecule has 3 rings (SSSR count). The van der Waals surface area contributed by atoms with Gasteiger partial charge in [-0.2, -0.15) is 0 Å². The van der Waals surface area contributed by atoms with Crippen molar-refractivity contribution in [2.75, 3.05) is 27.2 Å². The van der Waals surface area contributed by atoms with Crippen molar-refractivity contribution in [3.8, 4) is 0 Å². The van der Waals surface area contributed by atoms with Gasteiger partial charge < -0.3 is 15.1 Å². The fraction of sp³-hybridized carbons (Fsp3) is 0.381. The average Bonchev–Trinajstić information content (AvgIpc) is 3.18. The van der Waals surface area contributed by atoms with Crippen molar-refractivity contribution >= 4 is 29.2 Å². The van der Waals surface area contributed by atoms with E-state index in [9.17, 15) is 9.59 Å². The third-order valence-electron chi connectivity index (χ3n) is 4.78. The maximum absolute atomic E-state index is 12.4. The fourth-order valence-corrected chi connectivity index (χ4v) is 3.94. The molecule has 1 aliphatic heterocycles. The highest BCUT2D eigenvalue weighted by Crippen LogP contribution is 2.24. The third-order valence-corrected chi connectivity index (χ3v) is 5.62. The quantitative estimate of drug-likeness (QED) is 0.758. The van der Waals surface area contributed by atoms with Crippen LogP contribution in [0.15, 0.2) is 29.8 Å². The summed E-state index contributed by atoms with van der Waals surface area (Å²) in [5, 5.41) is 4.95. The van der Waals surface area contributed by atoms with Crippen molar-refractivity contribution in [2.24, 2.45) is 0 Å². The zero-order valence-corrected chi connectivity index (χ0v) is 17.4. The summed E-state index contributed by atoms with van der Waals surface area (Å²) in [4.78, 5) is 33.8. The van der Waals surface area contributed by atoms with Gasteiger partial charge in [0.15, 0.2) is 0 Å². The van der Waals surface area contributed by atoms with Crippen molar-refractivity contribution < 1.29 is 9.59 Å². The maximum Gasteiger partial charge on any atom is 0.244 e. The van der Waals surface area contributed by atoms with E-state index in [4.69, 9.17) is 0 Å². The number of aryl methyl sites for hydroxylation is 1. The van der Waals surface area contributed by atoms with Crippen LogP contribution < -0.4 is 5.32 Å². The Balaban J connectivity index is 1.66. The first kappa shape index (κ1) is 20.2. The minimum atomic E-state index is -0.121. The molecule has 0 atom stereocenters. The van der Waals surface area contributed by atoms with E-state index < -0.39 is 0 Å². The van der Waals surface area contributed by atoms with Gasteiger partial charge >= 0.3 is 0 Å². The number of aromatic nitrogens is 1. The van der Waals surface area contributed by atoms with Crippen LogP contribution in [0.4, 0.5) is 0 Å². The van der Waals surface area contributed by atoms with Crippen LogP contribution >= 0.6 is 11.3 Å². The average molecular weight is 399 g/mol. The minimum absolute atomic E-state index is 0.121. The highest BCUT2D eigenvalue weighted by atomic mass is 32.1. The van der Waals surface area contributed by atoms with Crippen molar-refractivity contribution in [1.29, 1.82) is 0 Å². The van der Waals surface area contributed by atoms with Crippen LogP contribution in [0.2, 0.25) is 0 Å². The number of hydrogen-bond acceptors (Lipinski definition) is 5. The van der Waals surface area contributed by atoms with Crippen molar-refractivity contribution in [1.82, 2.24) is 20.1 Å². The number of nitrogens with zero attached hydrogens (tertiary/aromatic N) is 3. The Hall–Kier alpha value is -2.51. The van der Waals surface area contributed by atoms with Crippen LogP contribution in [-0.4, -0.2) is 53.8 Å². The summed E-state index contributed by atoms with van der Waals surface area (Å²) in [5.74, 6) is 0.00814. The molecule has 0 fully saturated rings. The van der Waals surface area contributed by atoms with Gasteiger partial charge in [0.05, 0.1) is 6.54 Å². The lowest BCUT2D eigenvalue weighted by Gasteiger charge is -2.31. The molecule has 0 aliphatic carbocycles. The van der Waals surface area contributed by atoms with Crippen molar-refractivity contribution in [2.45, 2.75) is 26.4 Å². The number of nitrogens with one attached hydrogen (secondary N) is 1. The molecule has 148 valence electrons. The number of pyridine rings is 1. The smallest absolute Gasteiger partial charge is 0.244 e. The van der Waals surface area contributed by atoms with E-state index in [0.29, 0.717) is 26.2 Å². The normalized spacial score (nSPS) is 13.8. The number of thiophene rings is 1. The van der Waals surface area contributed by atoms with Crippen LogP contribution in [0.5, 0.6) is 0 Å². The monoisotopic (exact) mass is 398 g/mol. The molecule has 7 heteroatoms. The lowest BCUT2D eigenvalue weighted by atomic mass is 9.95. The van der Waals surface area contributed by atoms with Gasteiger partial charge in [-0.1, -0.05) is 6.07 Å². The van der Waals surface area contributed by atoms with Gasteiger partial charge in [0.2, 0.25) is 11.8 Å². The van der Waals surface area contributed by atoms with E-state index in [2.05, 4.69) is 10.3 Å². The van der Waals surface area contributed by atoms with Crippen LogP contribution in [-0.2, 0) is 29.1 Å². The molecular formula is C21H26N4O2S. The Morgan fingerprint density at radius 3 is 2.93 bits per heavy atom. The van der Waals surface area contributed by atoms with E-state index in [-0.39, 0.29) is 11.8 Å². The summed E-state index contributed by atoms with van der Waals surface area (Å²) in [6.45, 7) is 4.10. The Labute approximate surface area is 169 Å². The molecule has 1 aliphatic rings. The van der Waals surface area contributed by atoms with Crippen molar-refractivity contribution in [3.05, 3.63) is 57.0 Å². The standard InChI is InChI=1S/C21H26N4O2S/c1-15-19(12-23-20(26)7-6-17-5-4-10-28-17)18-8-9-25(13-16(18)11-22-15)21(27)14-24(2)3/h4-7,10-11H,8-9,12-14H2,1-3H3,(H,23,26). The molecule has 3 heterocycles. The van der Waals surface area contributed by atoms with Crippen molar-refractivity contribution in [3.63, 3.8) is 0 Å². The van der Waals surface area contributed by atoms with Crippen LogP contribution in [0.25, 0.3) is 6.08 Å². The number of carbonyl (C=O) groups is 2. The van der Waals surface area contributed by atoms with Gasteiger partial charge in [-0.15, -0.1) is 11.3 Å². The fourth-order valence-electron chi connectivity index (χ4n) is 3.32. The van der Waals surface area contributed by atoms with E-state index in [1.165, 1.54) is 5.56 Å². The maximum atomic E-state index is 12.4. The molecule has 0 aromatic carbocycles. The Morgan fingerprint density at radius 2 is 2.21 bits per heavy atom. The van der Waals surface area contributed by atoms with E-state index in [1.54, 1.807) is 17.4 Å². The predicted molar refractivity (Wildman–Crippen MR) is 112 cm³/mol. The van der Waals surface area contributed by atoms with Gasteiger partial charge in [0.1, 0.15) is 0 Å². The SMILES string of the molecule is Cc1ncc2c(c1CNC(=O)C=Cc1cccs1)CCN(C(=O)CN(C)C)C2. The first-order valence-electron chi connectivity index (χ1n) is 9.32. The number of likely N-dealkylation sites (N-methyl/N-ethyl adjacent to an activating group) is 1. The van der Waals surface area contributed by atoms with Crippen LogP contribution in [0.3, 0.4) is 0 Å². The molecule has 0 saturated carbocycles. The molecule has 2 aromatic rings. The van der Waals surface area contributed by atoms with E-state index in [0.717, 1.165) is 28.1 Å². The first-order valence-corrected chi connectivity index (χ1v) is 10.2. The molecule has 2 aromatic heterocycles. The van der Waals surface area contributed by atoms with Crippen LogP contribution in [0, 0.1) is 6.92 Å². The minimum Gasteiger partial charge on any atom is -0.348 e. The Bertz CT molecular complexity index is 875. The van der Waals surface area contributed by atoms with E-state index in [1.807, 2.05) is 60.6 Å². The molecule has 0 radical (unpaired) electrons. The summed E-state index contributed by atoms with van der Waals surface area (Å²) in [5.41, 5.74) is 4.27. The van der Waals surface area contributed by atoms with Gasteiger partial charge in [-0.25, -0.2) is 0 Å². The van der Waals surface area contributed by atoms with E-state index >= 15 is 0 Å². The van der Waals surface area contributed by atoms with Gasteiger partial charge in [0.25, 0.3) is 0 Å². The Kier molecular flexibility index (Phi) is 6.59. The largest absolute Gasteiger partial charge is 0.348 e. The summed E-state index contributed by atoms with van der Waals surface area (Å²) in [7, 11) is 3.79. The predicted octanol–water partition coefficient (Wildman–Crippen LogP) is 2.23. The summed E-state index contributed by atoms with van der Waals surface area (Å²) < 4.78 is 0. The molecular weight excluding hydrogens is 372 g/mol. The second-order valence-electron chi connectivity index (χ2n) is 7.20. The number of hydrogen-bond donors (Lipinski definition) is 1. The molecule has 0 spiro atoms. The zero-order valence-electron chi connectivity index (χ0n) is 16.6. The lowest BCUT2D eigenvalue weighted by Crippen LogP contribution is -2.41. The number of amides is 2. The lowest BCUT2D eigenvalue weighted by molar-refractivity contribution is -0.132. The number of carbonyl (C=O) groups excluding carboxylic acids is 2. The molecule has 2 amide bonds.